The number of piperidine rings is 1. The molecule has 0 radical (unpaired) electrons. The van der Waals surface area contributed by atoms with Crippen LogP contribution in [0, 0.1) is 5.92 Å². The molecule has 1 fully saturated rings. The molecule has 96 valence electrons. The number of fused-ring (bicyclic) bond motifs is 1. The van der Waals surface area contributed by atoms with Crippen LogP contribution in [0.1, 0.15) is 13.3 Å². The molecule has 7 heteroatoms. The van der Waals surface area contributed by atoms with Crippen molar-refractivity contribution < 1.29 is 0 Å². The van der Waals surface area contributed by atoms with E-state index in [1.54, 1.807) is 0 Å². The molecule has 1 aliphatic heterocycles. The number of rotatable bonds is 1. The topological polar surface area (TPSA) is 66.3 Å². The number of nitrogens with zero attached hydrogens (tertiary/aromatic N) is 4. The Morgan fingerprint density at radius 2 is 2.39 bits per heavy atom. The maximum absolute atomic E-state index is 11.3. The van der Waals surface area contributed by atoms with Crippen molar-refractivity contribution in [3.8, 4) is 0 Å². The van der Waals surface area contributed by atoms with E-state index in [0.717, 1.165) is 25.3 Å². The fourth-order valence-corrected chi connectivity index (χ4v) is 2.48. The highest BCUT2D eigenvalue weighted by Crippen LogP contribution is 2.25. The van der Waals surface area contributed by atoms with Crippen LogP contribution in [0.25, 0.3) is 5.65 Å². The van der Waals surface area contributed by atoms with Crippen LogP contribution < -0.4 is 10.6 Å². The predicted molar refractivity (Wildman–Crippen MR) is 69.2 cm³/mol. The molecule has 0 spiro atoms. The number of halogens is 1. The van der Waals surface area contributed by atoms with Crippen molar-refractivity contribution >= 4 is 23.1 Å². The minimum Gasteiger partial charge on any atom is -0.356 e. The lowest BCUT2D eigenvalue weighted by molar-refractivity contribution is 0.452. The second-order valence-electron chi connectivity index (χ2n) is 4.73. The van der Waals surface area contributed by atoms with Crippen LogP contribution in [0.2, 0.25) is 0 Å². The summed E-state index contributed by atoms with van der Waals surface area (Å²) in [6, 6.07) is 1.82. The summed E-state index contributed by atoms with van der Waals surface area (Å²) in [5.41, 5.74) is 0.322. The lowest BCUT2D eigenvalue weighted by Crippen LogP contribution is -2.40. The number of hydrogen-bond acceptors (Lipinski definition) is 4. The number of anilines is 1. The molecule has 2 unspecified atom stereocenters. The Hall–Kier alpha value is -1.56. The van der Waals surface area contributed by atoms with Gasteiger partial charge in [-0.1, -0.05) is 6.92 Å². The fraction of sp³-hybridized carbons (Fsp3) is 0.545. The molecule has 18 heavy (non-hydrogen) atoms. The summed E-state index contributed by atoms with van der Waals surface area (Å²) in [4.78, 5) is 17.8. The molecule has 1 aliphatic rings. The number of aromatic nitrogens is 4. The van der Waals surface area contributed by atoms with E-state index in [1.165, 1.54) is 10.7 Å². The first-order chi connectivity index (χ1) is 8.65. The maximum Gasteiger partial charge on any atom is 0.348 e. The molecule has 1 saturated heterocycles. The van der Waals surface area contributed by atoms with Gasteiger partial charge in [-0.2, -0.15) is 5.10 Å². The second kappa shape index (κ2) is 4.28. The van der Waals surface area contributed by atoms with E-state index in [4.69, 9.17) is 11.6 Å². The largest absolute Gasteiger partial charge is 0.356 e. The summed E-state index contributed by atoms with van der Waals surface area (Å²) in [5.74, 6) is 1.27. The van der Waals surface area contributed by atoms with Crippen molar-refractivity contribution in [2.24, 2.45) is 5.92 Å². The molecule has 0 saturated carbocycles. The van der Waals surface area contributed by atoms with Crippen molar-refractivity contribution in [2.45, 2.75) is 18.7 Å². The highest BCUT2D eigenvalue weighted by atomic mass is 35.5. The van der Waals surface area contributed by atoms with Crippen LogP contribution in [0.5, 0.6) is 0 Å². The van der Waals surface area contributed by atoms with Gasteiger partial charge in [0.25, 0.3) is 0 Å². The zero-order chi connectivity index (χ0) is 12.7. The monoisotopic (exact) mass is 267 g/mol. The second-order valence-corrected chi connectivity index (χ2v) is 5.29. The fourth-order valence-electron chi connectivity index (χ4n) is 2.30. The summed E-state index contributed by atoms with van der Waals surface area (Å²) in [6.07, 6.45) is 2.46. The van der Waals surface area contributed by atoms with Crippen LogP contribution in [0.3, 0.4) is 0 Å². The van der Waals surface area contributed by atoms with Gasteiger partial charge in [-0.15, -0.1) is 11.6 Å². The molecular formula is C11H14ClN5O. The zero-order valence-corrected chi connectivity index (χ0v) is 10.8. The van der Waals surface area contributed by atoms with Crippen LogP contribution >= 0.6 is 11.6 Å². The molecule has 2 aromatic heterocycles. The minimum absolute atomic E-state index is 0.234. The molecule has 0 amide bonds. The van der Waals surface area contributed by atoms with Gasteiger partial charge < -0.3 is 4.90 Å². The normalized spacial score (nSPS) is 24.7. The molecule has 2 aromatic rings. The Balaban J connectivity index is 1.92. The van der Waals surface area contributed by atoms with E-state index in [9.17, 15) is 4.79 Å². The third-order valence-corrected chi connectivity index (χ3v) is 4.07. The van der Waals surface area contributed by atoms with Crippen LogP contribution in [-0.2, 0) is 0 Å². The Labute approximate surface area is 109 Å². The van der Waals surface area contributed by atoms with Gasteiger partial charge in [0.15, 0.2) is 5.65 Å². The van der Waals surface area contributed by atoms with Crippen LogP contribution in [0.4, 0.5) is 5.82 Å². The van der Waals surface area contributed by atoms with E-state index in [0.29, 0.717) is 11.6 Å². The Morgan fingerprint density at radius 1 is 1.56 bits per heavy atom. The van der Waals surface area contributed by atoms with Crippen molar-refractivity contribution in [2.75, 3.05) is 18.0 Å². The highest BCUT2D eigenvalue weighted by molar-refractivity contribution is 6.20. The first kappa shape index (κ1) is 11.5. The molecule has 0 aromatic carbocycles. The quantitative estimate of drug-likeness (QED) is 0.779. The standard InChI is InChI=1S/C11H14ClN5O/c1-7-5-16(3-2-8(7)12)9-4-10-14-15-11(18)17(10)6-13-9/h4,6-8H,2-3,5H2,1H3,(H,15,18). The third kappa shape index (κ3) is 1.86. The SMILES string of the molecule is CC1CN(c2cc3n[nH]c(=O)n3cn2)CCC1Cl. The lowest BCUT2D eigenvalue weighted by Gasteiger charge is -2.34. The average molecular weight is 268 g/mol. The molecule has 2 atom stereocenters. The van der Waals surface area contributed by atoms with Crippen molar-refractivity contribution in [1.82, 2.24) is 19.6 Å². The summed E-state index contributed by atoms with van der Waals surface area (Å²) in [7, 11) is 0. The van der Waals surface area contributed by atoms with Gasteiger partial charge in [0.2, 0.25) is 0 Å². The van der Waals surface area contributed by atoms with Gasteiger partial charge in [0.1, 0.15) is 12.1 Å². The number of aromatic amines is 1. The number of alkyl halides is 1. The third-order valence-electron chi connectivity index (χ3n) is 3.42. The van der Waals surface area contributed by atoms with Crippen molar-refractivity contribution in [3.63, 3.8) is 0 Å². The van der Waals surface area contributed by atoms with Crippen molar-refractivity contribution in [1.29, 1.82) is 0 Å². The van der Waals surface area contributed by atoms with E-state index >= 15 is 0 Å². The molecule has 0 bridgehead atoms. The Kier molecular flexibility index (Phi) is 2.74. The highest BCUT2D eigenvalue weighted by Gasteiger charge is 2.25. The Morgan fingerprint density at radius 3 is 3.17 bits per heavy atom. The Bertz CT molecular complexity index is 621. The molecule has 0 aliphatic carbocycles. The summed E-state index contributed by atoms with van der Waals surface area (Å²) in [6.45, 7) is 3.91. The van der Waals surface area contributed by atoms with Crippen LogP contribution in [-0.4, -0.2) is 38.0 Å². The molecule has 1 N–H and O–H groups in total. The number of nitrogens with one attached hydrogen (secondary N) is 1. The minimum atomic E-state index is -0.267. The number of H-pyrrole nitrogens is 1. The van der Waals surface area contributed by atoms with E-state index < -0.39 is 0 Å². The first-order valence-corrected chi connectivity index (χ1v) is 6.40. The first-order valence-electron chi connectivity index (χ1n) is 5.97. The van der Waals surface area contributed by atoms with Gasteiger partial charge in [0.05, 0.1) is 0 Å². The van der Waals surface area contributed by atoms with E-state index in [2.05, 4.69) is 27.0 Å². The predicted octanol–water partition coefficient (Wildman–Crippen LogP) is 0.871. The molecular weight excluding hydrogens is 254 g/mol. The van der Waals surface area contributed by atoms with Gasteiger partial charge in [-0.05, 0) is 12.3 Å². The van der Waals surface area contributed by atoms with E-state index in [1.807, 2.05) is 6.07 Å². The lowest BCUT2D eigenvalue weighted by atomic mass is 10.00. The van der Waals surface area contributed by atoms with Gasteiger partial charge in [-0.3, -0.25) is 0 Å². The summed E-state index contributed by atoms with van der Waals surface area (Å²) < 4.78 is 1.39. The molecule has 6 nitrogen and oxygen atoms in total. The van der Waals surface area contributed by atoms with Gasteiger partial charge in [-0.25, -0.2) is 19.3 Å². The summed E-state index contributed by atoms with van der Waals surface area (Å²) >= 11 is 6.21. The van der Waals surface area contributed by atoms with Crippen LogP contribution in [0.15, 0.2) is 17.2 Å². The summed E-state index contributed by atoms with van der Waals surface area (Å²) in [5, 5.41) is 6.58. The maximum atomic E-state index is 11.3. The van der Waals surface area contributed by atoms with Gasteiger partial charge in [0, 0.05) is 24.5 Å². The molecule has 3 heterocycles. The smallest absolute Gasteiger partial charge is 0.348 e. The number of hydrogen-bond donors (Lipinski definition) is 1. The average Bonchev–Trinajstić information content (AvgIpc) is 2.74. The van der Waals surface area contributed by atoms with Gasteiger partial charge >= 0.3 is 5.69 Å². The van der Waals surface area contributed by atoms with E-state index in [-0.39, 0.29) is 11.1 Å². The van der Waals surface area contributed by atoms with Crippen molar-refractivity contribution in [3.05, 3.63) is 22.9 Å². The molecule has 3 rings (SSSR count). The zero-order valence-electron chi connectivity index (χ0n) is 10.0.